The van der Waals surface area contributed by atoms with Crippen LogP contribution in [0.5, 0.6) is 0 Å². The molecule has 2 aromatic carbocycles. The predicted molar refractivity (Wildman–Crippen MR) is 98.6 cm³/mol. The summed E-state index contributed by atoms with van der Waals surface area (Å²) < 4.78 is 29.6. The minimum Gasteiger partial charge on any atom is -0.329 e. The Hall–Kier alpha value is -1.54. The molecule has 0 N–H and O–H groups in total. The monoisotopic (exact) mass is 440 g/mol. The molecule has 0 radical (unpaired) electrons. The predicted octanol–water partition coefficient (Wildman–Crippen LogP) is 3.20. The van der Waals surface area contributed by atoms with Crippen molar-refractivity contribution in [3.8, 4) is 0 Å². The highest BCUT2D eigenvalue weighted by molar-refractivity contribution is 14.1. The van der Waals surface area contributed by atoms with Gasteiger partial charge in [-0.3, -0.25) is 0 Å². The molecule has 0 bridgehead atoms. The fourth-order valence-electron chi connectivity index (χ4n) is 2.75. The van der Waals surface area contributed by atoms with Crippen LogP contribution in [0.15, 0.2) is 60.9 Å². The molecule has 1 heterocycles. The zero-order valence-corrected chi connectivity index (χ0v) is 15.7. The lowest BCUT2D eigenvalue weighted by atomic mass is 10.3. The van der Waals surface area contributed by atoms with Crippen LogP contribution >= 0.6 is 22.6 Å². The molecule has 23 heavy (non-hydrogen) atoms. The van der Waals surface area contributed by atoms with Crippen LogP contribution in [0.25, 0.3) is 0 Å². The van der Waals surface area contributed by atoms with Crippen molar-refractivity contribution in [3.63, 3.8) is 0 Å². The molecular formula is C17H15F2IN2Si. The Labute approximate surface area is 148 Å². The molecule has 6 heteroatoms. The van der Waals surface area contributed by atoms with Gasteiger partial charge in [0.25, 0.3) is 0 Å². The van der Waals surface area contributed by atoms with Crippen molar-refractivity contribution in [3.05, 3.63) is 76.4 Å². The standard InChI is InChI=1S/C17H15F2IN2Si/c1-23(12-22-11-10-21-17(22)20,15-6-2-13(18)3-7-15)16-8-4-14(19)5-9-16/h2-11H,12H2,1H3. The third-order valence-corrected chi connectivity index (χ3v) is 9.20. The van der Waals surface area contributed by atoms with E-state index in [9.17, 15) is 8.78 Å². The van der Waals surface area contributed by atoms with E-state index in [0.29, 0.717) is 0 Å². The van der Waals surface area contributed by atoms with Crippen molar-refractivity contribution in [1.29, 1.82) is 0 Å². The van der Waals surface area contributed by atoms with Gasteiger partial charge in [-0.25, -0.2) is 13.8 Å². The first-order valence-electron chi connectivity index (χ1n) is 7.18. The second kappa shape index (κ2) is 6.52. The summed E-state index contributed by atoms with van der Waals surface area (Å²) in [7, 11) is -2.20. The van der Waals surface area contributed by atoms with Crippen LogP contribution in [0.2, 0.25) is 6.55 Å². The minimum absolute atomic E-state index is 0.249. The fourth-order valence-corrected chi connectivity index (χ4v) is 7.01. The van der Waals surface area contributed by atoms with E-state index in [1.165, 1.54) is 24.3 Å². The van der Waals surface area contributed by atoms with Gasteiger partial charge < -0.3 is 4.57 Å². The maximum absolute atomic E-state index is 13.3. The number of imidazole rings is 1. The molecule has 0 aliphatic rings. The van der Waals surface area contributed by atoms with E-state index in [-0.39, 0.29) is 11.6 Å². The van der Waals surface area contributed by atoms with E-state index in [2.05, 4.69) is 38.7 Å². The first kappa shape index (κ1) is 16.3. The van der Waals surface area contributed by atoms with E-state index in [0.717, 1.165) is 20.4 Å². The summed E-state index contributed by atoms with van der Waals surface area (Å²) in [6.45, 7) is 2.21. The summed E-state index contributed by atoms with van der Waals surface area (Å²) in [5.41, 5.74) is 0. The normalized spacial score (nSPS) is 11.7. The van der Waals surface area contributed by atoms with Gasteiger partial charge in [-0.05, 0) is 46.9 Å². The third kappa shape index (κ3) is 3.37. The molecule has 0 aliphatic carbocycles. The van der Waals surface area contributed by atoms with Gasteiger partial charge in [0.15, 0.2) is 3.83 Å². The summed E-state index contributed by atoms with van der Waals surface area (Å²) in [6, 6.07) is 13.3. The second-order valence-electron chi connectivity index (χ2n) is 5.67. The van der Waals surface area contributed by atoms with Gasteiger partial charge in [-0.2, -0.15) is 0 Å². The van der Waals surface area contributed by atoms with Crippen molar-refractivity contribution in [2.75, 3.05) is 0 Å². The molecular weight excluding hydrogens is 425 g/mol. The molecule has 0 spiro atoms. The number of hydrogen-bond acceptors (Lipinski definition) is 1. The van der Waals surface area contributed by atoms with Crippen molar-refractivity contribution in [2.24, 2.45) is 0 Å². The molecule has 0 fully saturated rings. The van der Waals surface area contributed by atoms with E-state index in [1.54, 1.807) is 6.20 Å². The van der Waals surface area contributed by atoms with E-state index < -0.39 is 8.07 Å². The highest BCUT2D eigenvalue weighted by Crippen LogP contribution is 2.13. The smallest absolute Gasteiger partial charge is 0.171 e. The zero-order chi connectivity index (χ0) is 16.4. The number of nitrogens with zero attached hydrogens (tertiary/aromatic N) is 2. The molecule has 2 nitrogen and oxygen atoms in total. The largest absolute Gasteiger partial charge is 0.329 e. The summed E-state index contributed by atoms with van der Waals surface area (Å²) in [5, 5.41) is 2.21. The maximum Gasteiger partial charge on any atom is 0.171 e. The number of halogens is 3. The molecule has 3 aromatic rings. The van der Waals surface area contributed by atoms with Crippen LogP contribution in [-0.4, -0.2) is 17.6 Å². The van der Waals surface area contributed by atoms with E-state index in [4.69, 9.17) is 0 Å². The molecule has 3 rings (SSSR count). The van der Waals surface area contributed by atoms with Crippen LogP contribution in [0.3, 0.4) is 0 Å². The van der Waals surface area contributed by atoms with Crippen molar-refractivity contribution in [2.45, 2.75) is 12.7 Å². The Morgan fingerprint density at radius 3 is 1.83 bits per heavy atom. The van der Waals surface area contributed by atoms with E-state index in [1.807, 2.05) is 30.5 Å². The molecule has 0 amide bonds. The number of benzene rings is 2. The Morgan fingerprint density at radius 2 is 1.43 bits per heavy atom. The van der Waals surface area contributed by atoms with Gasteiger partial charge >= 0.3 is 0 Å². The molecule has 0 saturated carbocycles. The topological polar surface area (TPSA) is 17.8 Å². The van der Waals surface area contributed by atoms with Crippen LogP contribution in [0.1, 0.15) is 0 Å². The van der Waals surface area contributed by atoms with Gasteiger partial charge in [-0.15, -0.1) is 0 Å². The van der Waals surface area contributed by atoms with Crippen molar-refractivity contribution < 1.29 is 8.78 Å². The highest BCUT2D eigenvalue weighted by Gasteiger charge is 2.33. The van der Waals surface area contributed by atoms with Crippen LogP contribution in [0, 0.1) is 15.5 Å². The van der Waals surface area contributed by atoms with Gasteiger partial charge in [0, 0.05) is 18.6 Å². The van der Waals surface area contributed by atoms with E-state index >= 15 is 0 Å². The van der Waals surface area contributed by atoms with Crippen LogP contribution in [0.4, 0.5) is 8.78 Å². The van der Waals surface area contributed by atoms with Gasteiger partial charge in [0.1, 0.15) is 19.7 Å². The van der Waals surface area contributed by atoms with Crippen molar-refractivity contribution >= 4 is 41.0 Å². The molecule has 1 aromatic heterocycles. The fraction of sp³-hybridized carbons (Fsp3) is 0.118. The Morgan fingerprint density at radius 1 is 0.957 bits per heavy atom. The van der Waals surface area contributed by atoms with Crippen LogP contribution < -0.4 is 10.4 Å². The SMILES string of the molecule is C[Si](Cn1ccnc1I)(c1ccc(F)cc1)c1ccc(F)cc1. The lowest BCUT2D eigenvalue weighted by Crippen LogP contribution is -2.59. The van der Waals surface area contributed by atoms with Gasteiger partial charge in [0.2, 0.25) is 0 Å². The second-order valence-corrected chi connectivity index (χ2v) is 10.8. The summed E-state index contributed by atoms with van der Waals surface area (Å²) >= 11 is 2.20. The average Bonchev–Trinajstić information content (AvgIpc) is 2.93. The molecule has 0 saturated heterocycles. The molecule has 118 valence electrons. The zero-order valence-electron chi connectivity index (χ0n) is 12.5. The summed E-state index contributed by atoms with van der Waals surface area (Å²) in [5.74, 6) is -0.497. The van der Waals surface area contributed by atoms with Crippen molar-refractivity contribution in [1.82, 2.24) is 9.55 Å². The van der Waals surface area contributed by atoms with Crippen LogP contribution in [-0.2, 0) is 6.17 Å². The Bertz CT molecular complexity index is 755. The molecule has 0 aliphatic heterocycles. The lowest BCUT2D eigenvalue weighted by molar-refractivity contribution is 0.628. The number of hydrogen-bond donors (Lipinski definition) is 0. The highest BCUT2D eigenvalue weighted by atomic mass is 127. The summed E-state index contributed by atoms with van der Waals surface area (Å²) in [6.07, 6.45) is 4.48. The minimum atomic E-state index is -2.20. The first-order chi connectivity index (χ1) is 11.0. The summed E-state index contributed by atoms with van der Waals surface area (Å²) in [4.78, 5) is 4.27. The van der Waals surface area contributed by atoms with Gasteiger partial charge in [-0.1, -0.05) is 41.2 Å². The average molecular weight is 440 g/mol. The number of aromatic nitrogens is 2. The molecule has 0 atom stereocenters. The van der Waals surface area contributed by atoms with Gasteiger partial charge in [0.05, 0.1) is 0 Å². The quantitative estimate of drug-likeness (QED) is 0.450. The number of rotatable bonds is 4. The Kier molecular flexibility index (Phi) is 4.63. The first-order valence-corrected chi connectivity index (χ1v) is 11.0. The third-order valence-electron chi connectivity index (χ3n) is 4.11. The maximum atomic E-state index is 13.3. The molecule has 0 unspecified atom stereocenters. The lowest BCUT2D eigenvalue weighted by Gasteiger charge is -2.29. The Balaban J connectivity index is 2.10.